The Hall–Kier alpha value is -0.480. The minimum absolute atomic E-state index is 0.242. The molecule has 0 heterocycles. The van der Waals surface area contributed by atoms with E-state index >= 15 is 0 Å². The van der Waals surface area contributed by atoms with Gasteiger partial charge in [-0.1, -0.05) is 12.8 Å². The maximum atomic E-state index is 5.19. The maximum Gasteiger partial charge on any atom is 0.0600 e. The van der Waals surface area contributed by atoms with E-state index in [9.17, 15) is 0 Å². The lowest BCUT2D eigenvalue weighted by Crippen LogP contribution is -2.40. The topological polar surface area (TPSA) is 3.24 Å². The highest BCUT2D eigenvalue weighted by Crippen LogP contribution is 2.14. The fourth-order valence-corrected chi connectivity index (χ4v) is 0.621. The zero-order valence-corrected chi connectivity index (χ0v) is 7.44. The van der Waals surface area contributed by atoms with E-state index in [1.165, 1.54) is 0 Å². The summed E-state index contributed by atoms with van der Waals surface area (Å²) in [5, 5.41) is 0. The molecule has 0 aromatic carbocycles. The first kappa shape index (κ1) is 9.52. The molecule has 0 saturated carbocycles. The molecule has 0 N–H and O–H groups in total. The standard InChI is InChI=1S/C9H17N/c1-6-8-10(5)9(3,4)7-2/h1H,7-8H2,2-5H3. The molecule has 1 nitrogen and oxygen atoms in total. The Morgan fingerprint density at radius 2 is 2.00 bits per heavy atom. The van der Waals surface area contributed by atoms with Gasteiger partial charge in [0.2, 0.25) is 0 Å². The lowest BCUT2D eigenvalue weighted by molar-refractivity contribution is 0.171. The molecule has 0 aliphatic heterocycles. The van der Waals surface area contributed by atoms with Gasteiger partial charge in [0.05, 0.1) is 6.54 Å². The van der Waals surface area contributed by atoms with Crippen molar-refractivity contribution in [2.75, 3.05) is 13.6 Å². The number of rotatable bonds is 3. The second-order valence-electron chi connectivity index (χ2n) is 3.23. The Morgan fingerprint density at radius 1 is 1.50 bits per heavy atom. The summed E-state index contributed by atoms with van der Waals surface area (Å²) in [5.41, 5.74) is 0.242. The third-order valence-electron chi connectivity index (χ3n) is 2.23. The van der Waals surface area contributed by atoms with Gasteiger partial charge >= 0.3 is 0 Å². The third-order valence-corrected chi connectivity index (χ3v) is 2.23. The summed E-state index contributed by atoms with van der Waals surface area (Å²) in [4.78, 5) is 2.19. The quantitative estimate of drug-likeness (QED) is 0.538. The van der Waals surface area contributed by atoms with E-state index in [-0.39, 0.29) is 5.54 Å². The summed E-state index contributed by atoms with van der Waals surface area (Å²) >= 11 is 0. The van der Waals surface area contributed by atoms with Crippen molar-refractivity contribution in [1.82, 2.24) is 4.90 Å². The Balaban J connectivity index is 3.93. The van der Waals surface area contributed by atoms with Crippen LogP contribution in [-0.2, 0) is 0 Å². The predicted molar refractivity (Wildman–Crippen MR) is 45.8 cm³/mol. The second-order valence-corrected chi connectivity index (χ2v) is 3.23. The summed E-state index contributed by atoms with van der Waals surface area (Å²) < 4.78 is 0. The van der Waals surface area contributed by atoms with Crippen LogP contribution in [0.1, 0.15) is 27.2 Å². The molecule has 0 bridgehead atoms. The molecule has 0 aliphatic carbocycles. The summed E-state index contributed by atoms with van der Waals surface area (Å²) in [7, 11) is 2.06. The molecular weight excluding hydrogens is 122 g/mol. The first-order chi connectivity index (χ1) is 4.54. The van der Waals surface area contributed by atoms with Crippen LogP contribution in [0.3, 0.4) is 0 Å². The summed E-state index contributed by atoms with van der Waals surface area (Å²) in [6.07, 6.45) is 6.32. The fourth-order valence-electron chi connectivity index (χ4n) is 0.621. The van der Waals surface area contributed by atoms with Gasteiger partial charge in [0.25, 0.3) is 0 Å². The van der Waals surface area contributed by atoms with Crippen LogP contribution >= 0.6 is 0 Å². The predicted octanol–water partition coefficient (Wildman–Crippen LogP) is 1.74. The van der Waals surface area contributed by atoms with Crippen molar-refractivity contribution < 1.29 is 0 Å². The first-order valence-electron chi connectivity index (χ1n) is 3.69. The number of hydrogen-bond acceptors (Lipinski definition) is 1. The molecule has 0 spiro atoms. The van der Waals surface area contributed by atoms with Crippen LogP contribution in [0.15, 0.2) is 0 Å². The molecule has 0 fully saturated rings. The van der Waals surface area contributed by atoms with E-state index in [0.717, 1.165) is 13.0 Å². The molecule has 0 atom stereocenters. The van der Waals surface area contributed by atoms with Crippen molar-refractivity contribution in [3.05, 3.63) is 0 Å². The highest BCUT2D eigenvalue weighted by atomic mass is 15.2. The fraction of sp³-hybridized carbons (Fsp3) is 0.778. The van der Waals surface area contributed by atoms with E-state index in [4.69, 9.17) is 6.42 Å². The lowest BCUT2D eigenvalue weighted by atomic mass is 10.0. The van der Waals surface area contributed by atoms with Gasteiger partial charge in [0.15, 0.2) is 0 Å². The molecule has 10 heavy (non-hydrogen) atoms. The maximum absolute atomic E-state index is 5.19. The van der Waals surface area contributed by atoms with Crippen LogP contribution in [0.5, 0.6) is 0 Å². The van der Waals surface area contributed by atoms with Gasteiger partial charge in [0.1, 0.15) is 0 Å². The van der Waals surface area contributed by atoms with E-state index < -0.39 is 0 Å². The Morgan fingerprint density at radius 3 is 2.30 bits per heavy atom. The average Bonchev–Trinajstić information content (AvgIpc) is 1.89. The molecule has 0 radical (unpaired) electrons. The van der Waals surface area contributed by atoms with E-state index in [0.29, 0.717) is 0 Å². The van der Waals surface area contributed by atoms with E-state index in [1.807, 2.05) is 0 Å². The van der Waals surface area contributed by atoms with Gasteiger partial charge in [0, 0.05) is 5.54 Å². The highest BCUT2D eigenvalue weighted by molar-refractivity contribution is 4.91. The highest BCUT2D eigenvalue weighted by Gasteiger charge is 2.19. The molecule has 0 aliphatic rings. The molecular formula is C9H17N. The van der Waals surface area contributed by atoms with Crippen molar-refractivity contribution in [2.24, 2.45) is 0 Å². The monoisotopic (exact) mass is 139 g/mol. The molecule has 0 saturated heterocycles. The number of hydrogen-bond donors (Lipinski definition) is 0. The summed E-state index contributed by atoms with van der Waals surface area (Å²) in [5.74, 6) is 2.63. The van der Waals surface area contributed by atoms with Crippen molar-refractivity contribution in [2.45, 2.75) is 32.7 Å². The third kappa shape index (κ3) is 2.41. The van der Waals surface area contributed by atoms with Crippen LogP contribution in [-0.4, -0.2) is 24.0 Å². The van der Waals surface area contributed by atoms with Gasteiger partial charge < -0.3 is 0 Å². The van der Waals surface area contributed by atoms with Crippen molar-refractivity contribution in [1.29, 1.82) is 0 Å². The molecule has 58 valence electrons. The van der Waals surface area contributed by atoms with Crippen molar-refractivity contribution in [3.63, 3.8) is 0 Å². The zero-order valence-electron chi connectivity index (χ0n) is 7.44. The summed E-state index contributed by atoms with van der Waals surface area (Å²) in [6.45, 7) is 7.31. The average molecular weight is 139 g/mol. The van der Waals surface area contributed by atoms with Crippen LogP contribution < -0.4 is 0 Å². The SMILES string of the molecule is C#CCN(C)C(C)(C)CC. The molecule has 1 heteroatoms. The van der Waals surface area contributed by atoms with Crippen LogP contribution in [0, 0.1) is 12.3 Å². The van der Waals surface area contributed by atoms with E-state index in [1.54, 1.807) is 0 Å². The Kier molecular flexibility index (Phi) is 3.46. The molecule has 0 unspecified atom stereocenters. The largest absolute Gasteiger partial charge is 0.290 e. The number of nitrogens with zero attached hydrogens (tertiary/aromatic N) is 1. The lowest BCUT2D eigenvalue weighted by Gasteiger charge is -2.33. The van der Waals surface area contributed by atoms with Gasteiger partial charge in [-0.15, -0.1) is 6.42 Å². The molecule has 0 aromatic rings. The van der Waals surface area contributed by atoms with Crippen molar-refractivity contribution >= 4 is 0 Å². The number of terminal acetylenes is 1. The smallest absolute Gasteiger partial charge is 0.0600 e. The van der Waals surface area contributed by atoms with Gasteiger partial charge in [-0.05, 0) is 27.3 Å². The van der Waals surface area contributed by atoms with Crippen LogP contribution in [0.25, 0.3) is 0 Å². The normalized spacial score (nSPS) is 11.6. The molecule has 0 aromatic heterocycles. The van der Waals surface area contributed by atoms with Gasteiger partial charge in [-0.3, -0.25) is 4.90 Å². The van der Waals surface area contributed by atoms with E-state index in [2.05, 4.69) is 38.6 Å². The second kappa shape index (κ2) is 3.63. The zero-order chi connectivity index (χ0) is 8.20. The first-order valence-corrected chi connectivity index (χ1v) is 3.69. The minimum atomic E-state index is 0.242. The van der Waals surface area contributed by atoms with Crippen molar-refractivity contribution in [3.8, 4) is 12.3 Å². The molecule has 0 rings (SSSR count). The Bertz CT molecular complexity index is 130. The van der Waals surface area contributed by atoms with Crippen LogP contribution in [0.4, 0.5) is 0 Å². The summed E-state index contributed by atoms with van der Waals surface area (Å²) in [6, 6.07) is 0. The Labute approximate surface area is 64.4 Å². The minimum Gasteiger partial charge on any atom is -0.290 e. The van der Waals surface area contributed by atoms with Gasteiger partial charge in [-0.2, -0.15) is 0 Å². The molecule has 0 amide bonds. The van der Waals surface area contributed by atoms with Crippen LogP contribution in [0.2, 0.25) is 0 Å². The van der Waals surface area contributed by atoms with Gasteiger partial charge in [-0.25, -0.2) is 0 Å².